The molecule has 1 N–H and O–H groups in total. The van der Waals surface area contributed by atoms with Crippen molar-refractivity contribution in [1.29, 1.82) is 0 Å². The van der Waals surface area contributed by atoms with Crippen LogP contribution in [0.15, 0.2) is 18.2 Å². The molecule has 0 aromatic heterocycles. The van der Waals surface area contributed by atoms with Crippen LogP contribution in [-0.2, 0) is 6.42 Å². The molecule has 2 heteroatoms. The SMILES string of the molecule is Cc1cc(F)ccc1CC(O)C(C)C. The summed E-state index contributed by atoms with van der Waals surface area (Å²) >= 11 is 0. The average molecular weight is 196 g/mol. The molecule has 1 aromatic carbocycles. The molecule has 1 unspecified atom stereocenters. The second-order valence-corrected chi connectivity index (χ2v) is 4.09. The van der Waals surface area contributed by atoms with Crippen molar-refractivity contribution in [2.75, 3.05) is 0 Å². The molecule has 0 radical (unpaired) electrons. The van der Waals surface area contributed by atoms with Gasteiger partial charge in [0.15, 0.2) is 0 Å². The average Bonchev–Trinajstić information content (AvgIpc) is 2.09. The lowest BCUT2D eigenvalue weighted by Crippen LogP contribution is -2.18. The van der Waals surface area contributed by atoms with Gasteiger partial charge in [-0.1, -0.05) is 19.9 Å². The Labute approximate surface area is 84.6 Å². The van der Waals surface area contributed by atoms with Crippen molar-refractivity contribution in [3.05, 3.63) is 35.1 Å². The normalized spacial score (nSPS) is 13.3. The Hall–Kier alpha value is -0.890. The predicted molar refractivity (Wildman–Crippen MR) is 55.7 cm³/mol. The van der Waals surface area contributed by atoms with Gasteiger partial charge in [-0.15, -0.1) is 0 Å². The van der Waals surface area contributed by atoms with Crippen LogP contribution >= 0.6 is 0 Å². The largest absolute Gasteiger partial charge is 0.393 e. The summed E-state index contributed by atoms with van der Waals surface area (Å²) in [6.45, 7) is 5.82. The van der Waals surface area contributed by atoms with E-state index in [-0.39, 0.29) is 17.8 Å². The van der Waals surface area contributed by atoms with E-state index < -0.39 is 0 Å². The van der Waals surface area contributed by atoms with Crippen molar-refractivity contribution < 1.29 is 9.50 Å². The van der Waals surface area contributed by atoms with E-state index in [1.807, 2.05) is 20.8 Å². The minimum atomic E-state index is -0.348. The summed E-state index contributed by atoms with van der Waals surface area (Å²) < 4.78 is 12.8. The molecule has 0 aliphatic heterocycles. The molecule has 0 saturated carbocycles. The maximum absolute atomic E-state index is 12.8. The van der Waals surface area contributed by atoms with Crippen LogP contribution in [0, 0.1) is 18.7 Å². The van der Waals surface area contributed by atoms with Crippen LogP contribution in [0.1, 0.15) is 25.0 Å². The molecule has 0 fully saturated rings. The molecule has 0 heterocycles. The number of aliphatic hydroxyl groups is 1. The molecule has 0 amide bonds. The minimum Gasteiger partial charge on any atom is -0.393 e. The highest BCUT2D eigenvalue weighted by Crippen LogP contribution is 2.15. The lowest BCUT2D eigenvalue weighted by molar-refractivity contribution is 0.125. The van der Waals surface area contributed by atoms with Gasteiger partial charge in [-0.2, -0.15) is 0 Å². The molecule has 1 nitrogen and oxygen atoms in total. The maximum Gasteiger partial charge on any atom is 0.123 e. The number of aliphatic hydroxyl groups excluding tert-OH is 1. The van der Waals surface area contributed by atoms with E-state index in [1.165, 1.54) is 12.1 Å². The van der Waals surface area contributed by atoms with Gasteiger partial charge in [-0.05, 0) is 42.5 Å². The van der Waals surface area contributed by atoms with Crippen molar-refractivity contribution in [2.45, 2.75) is 33.3 Å². The van der Waals surface area contributed by atoms with Gasteiger partial charge < -0.3 is 5.11 Å². The van der Waals surface area contributed by atoms with Crippen LogP contribution in [0.5, 0.6) is 0 Å². The van der Waals surface area contributed by atoms with E-state index >= 15 is 0 Å². The summed E-state index contributed by atoms with van der Waals surface area (Å²) in [7, 11) is 0. The summed E-state index contributed by atoms with van der Waals surface area (Å²) in [5, 5.41) is 9.68. The number of rotatable bonds is 3. The van der Waals surface area contributed by atoms with Gasteiger partial charge in [-0.3, -0.25) is 0 Å². The lowest BCUT2D eigenvalue weighted by atomic mass is 9.96. The Balaban J connectivity index is 2.77. The molecule has 78 valence electrons. The molecule has 0 saturated heterocycles. The Morgan fingerprint density at radius 3 is 2.50 bits per heavy atom. The first kappa shape index (κ1) is 11.2. The van der Waals surface area contributed by atoms with Gasteiger partial charge in [0.25, 0.3) is 0 Å². The van der Waals surface area contributed by atoms with Crippen LogP contribution in [0.2, 0.25) is 0 Å². The highest BCUT2D eigenvalue weighted by Gasteiger charge is 2.11. The van der Waals surface area contributed by atoms with Crippen molar-refractivity contribution >= 4 is 0 Å². The van der Waals surface area contributed by atoms with Gasteiger partial charge in [0.05, 0.1) is 6.10 Å². The van der Waals surface area contributed by atoms with Crippen molar-refractivity contribution in [3.63, 3.8) is 0 Å². The maximum atomic E-state index is 12.8. The molecule has 14 heavy (non-hydrogen) atoms. The zero-order chi connectivity index (χ0) is 10.7. The van der Waals surface area contributed by atoms with Crippen LogP contribution < -0.4 is 0 Å². The fourth-order valence-electron chi connectivity index (χ4n) is 1.35. The Bertz CT molecular complexity index is 307. The summed E-state index contributed by atoms with van der Waals surface area (Å²) in [4.78, 5) is 0. The number of aryl methyl sites for hydroxylation is 1. The fourth-order valence-corrected chi connectivity index (χ4v) is 1.35. The van der Waals surface area contributed by atoms with E-state index in [9.17, 15) is 9.50 Å². The van der Waals surface area contributed by atoms with Gasteiger partial charge in [0, 0.05) is 0 Å². The molecule has 0 aliphatic rings. The summed E-state index contributed by atoms with van der Waals surface area (Å²) in [5.74, 6) is 0.0183. The monoisotopic (exact) mass is 196 g/mol. The summed E-state index contributed by atoms with van der Waals surface area (Å²) in [6, 6.07) is 4.69. The second-order valence-electron chi connectivity index (χ2n) is 4.09. The topological polar surface area (TPSA) is 20.2 Å². The summed E-state index contributed by atoms with van der Waals surface area (Å²) in [6.07, 6.45) is 0.253. The summed E-state index contributed by atoms with van der Waals surface area (Å²) in [5.41, 5.74) is 1.93. The van der Waals surface area contributed by atoms with Crippen LogP contribution in [0.25, 0.3) is 0 Å². The molecule has 0 spiro atoms. The number of hydrogen-bond donors (Lipinski definition) is 1. The van der Waals surface area contributed by atoms with Crippen LogP contribution in [0.3, 0.4) is 0 Å². The minimum absolute atomic E-state index is 0.217. The van der Waals surface area contributed by atoms with E-state index in [1.54, 1.807) is 6.07 Å². The second kappa shape index (κ2) is 4.56. The number of benzene rings is 1. The third kappa shape index (κ3) is 2.81. The molecule has 1 rings (SSSR count). The molecule has 0 aliphatic carbocycles. The first-order chi connectivity index (χ1) is 6.50. The van der Waals surface area contributed by atoms with E-state index in [0.717, 1.165) is 11.1 Å². The zero-order valence-corrected chi connectivity index (χ0v) is 8.92. The number of hydrogen-bond acceptors (Lipinski definition) is 1. The van der Waals surface area contributed by atoms with E-state index in [0.29, 0.717) is 6.42 Å². The first-order valence-corrected chi connectivity index (χ1v) is 4.94. The molecular weight excluding hydrogens is 179 g/mol. The van der Waals surface area contributed by atoms with E-state index in [2.05, 4.69) is 0 Å². The number of halogens is 1. The highest BCUT2D eigenvalue weighted by molar-refractivity contribution is 5.27. The van der Waals surface area contributed by atoms with Crippen molar-refractivity contribution in [3.8, 4) is 0 Å². The van der Waals surface area contributed by atoms with Gasteiger partial charge in [-0.25, -0.2) is 4.39 Å². The Morgan fingerprint density at radius 1 is 1.36 bits per heavy atom. The predicted octanol–water partition coefficient (Wildman–Crippen LogP) is 2.69. The van der Waals surface area contributed by atoms with Crippen molar-refractivity contribution in [2.24, 2.45) is 5.92 Å². The molecule has 1 atom stereocenters. The third-order valence-electron chi connectivity index (χ3n) is 2.50. The van der Waals surface area contributed by atoms with E-state index in [4.69, 9.17) is 0 Å². The van der Waals surface area contributed by atoms with Gasteiger partial charge in [0.2, 0.25) is 0 Å². The van der Waals surface area contributed by atoms with Crippen LogP contribution in [0.4, 0.5) is 4.39 Å². The molecule has 1 aromatic rings. The Morgan fingerprint density at radius 2 is 2.00 bits per heavy atom. The third-order valence-corrected chi connectivity index (χ3v) is 2.50. The standard InChI is InChI=1S/C12H17FO/c1-8(2)12(14)7-10-4-5-11(13)6-9(10)3/h4-6,8,12,14H,7H2,1-3H3. The molecular formula is C12H17FO. The quantitative estimate of drug-likeness (QED) is 0.788. The Kier molecular flexibility index (Phi) is 3.64. The zero-order valence-electron chi connectivity index (χ0n) is 8.92. The fraction of sp³-hybridized carbons (Fsp3) is 0.500. The van der Waals surface area contributed by atoms with Gasteiger partial charge >= 0.3 is 0 Å². The smallest absolute Gasteiger partial charge is 0.123 e. The lowest BCUT2D eigenvalue weighted by Gasteiger charge is -2.15. The van der Waals surface area contributed by atoms with Gasteiger partial charge in [0.1, 0.15) is 5.82 Å². The first-order valence-electron chi connectivity index (χ1n) is 4.94. The molecule has 0 bridgehead atoms. The van der Waals surface area contributed by atoms with Crippen molar-refractivity contribution in [1.82, 2.24) is 0 Å². The van der Waals surface area contributed by atoms with Crippen LogP contribution in [-0.4, -0.2) is 11.2 Å². The highest BCUT2D eigenvalue weighted by atomic mass is 19.1.